The summed E-state index contributed by atoms with van der Waals surface area (Å²) in [5.41, 5.74) is 1.34. The van der Waals surface area contributed by atoms with Crippen molar-refractivity contribution >= 4 is 21.4 Å². The first-order chi connectivity index (χ1) is 7.18. The van der Waals surface area contributed by atoms with Gasteiger partial charge in [0.1, 0.15) is 6.10 Å². The molecule has 1 rings (SSSR count). The van der Waals surface area contributed by atoms with Crippen LogP contribution >= 0.6 is 11.6 Å². The molecule has 0 saturated heterocycles. The fraction of sp³-hybridized carbons (Fsp3) is 0.455. The number of aryl methyl sites for hydroxylation is 1. The number of sulfone groups is 1. The molecule has 0 unspecified atom stereocenters. The lowest BCUT2D eigenvalue weighted by atomic mass is 10.0. The van der Waals surface area contributed by atoms with E-state index in [2.05, 4.69) is 0 Å². The lowest BCUT2D eigenvalue weighted by molar-refractivity contribution is 0.162. The summed E-state index contributed by atoms with van der Waals surface area (Å²) in [6, 6.07) is 7.03. The van der Waals surface area contributed by atoms with E-state index in [1.54, 1.807) is 25.1 Å². The van der Waals surface area contributed by atoms with Crippen molar-refractivity contribution in [3.63, 3.8) is 0 Å². The molecule has 3 nitrogen and oxygen atoms in total. The molecule has 1 N–H and O–H groups in total. The van der Waals surface area contributed by atoms with Gasteiger partial charge < -0.3 is 5.11 Å². The van der Waals surface area contributed by atoms with Crippen molar-refractivity contribution in [3.05, 3.63) is 35.4 Å². The van der Waals surface area contributed by atoms with E-state index in [0.717, 1.165) is 11.8 Å². The van der Waals surface area contributed by atoms with Gasteiger partial charge >= 0.3 is 0 Å². The summed E-state index contributed by atoms with van der Waals surface area (Å²) in [7, 11) is -3.55. The van der Waals surface area contributed by atoms with Gasteiger partial charge in [-0.15, -0.1) is 0 Å². The maximum absolute atomic E-state index is 11.5. The van der Waals surface area contributed by atoms with E-state index >= 15 is 0 Å². The van der Waals surface area contributed by atoms with E-state index < -0.39 is 20.1 Å². The quantitative estimate of drug-likeness (QED) is 0.848. The highest BCUT2D eigenvalue weighted by Crippen LogP contribution is 2.37. The van der Waals surface area contributed by atoms with Crippen molar-refractivity contribution in [3.8, 4) is 0 Å². The number of aliphatic hydroxyl groups excluding tert-OH is 1. The Bertz CT molecular complexity index is 480. The highest BCUT2D eigenvalue weighted by molar-refractivity contribution is 7.93. The van der Waals surface area contributed by atoms with Gasteiger partial charge in [0.25, 0.3) is 0 Å². The van der Waals surface area contributed by atoms with Crippen LogP contribution in [0.3, 0.4) is 0 Å². The van der Waals surface area contributed by atoms with Crippen LogP contribution in [0.4, 0.5) is 0 Å². The van der Waals surface area contributed by atoms with Gasteiger partial charge in [0.15, 0.2) is 14.0 Å². The third-order valence-corrected chi connectivity index (χ3v) is 5.42. The Kier molecular flexibility index (Phi) is 3.67. The smallest absolute Gasteiger partial charge is 0.172 e. The van der Waals surface area contributed by atoms with Crippen molar-refractivity contribution in [2.45, 2.75) is 24.2 Å². The van der Waals surface area contributed by atoms with Crippen LogP contribution in [0.25, 0.3) is 0 Å². The van der Waals surface area contributed by atoms with Crippen molar-refractivity contribution in [1.29, 1.82) is 0 Å². The zero-order valence-corrected chi connectivity index (χ0v) is 11.0. The number of hydrogen-bond donors (Lipinski definition) is 1. The van der Waals surface area contributed by atoms with Gasteiger partial charge in [-0.2, -0.15) is 0 Å². The summed E-state index contributed by atoms with van der Waals surface area (Å²) < 4.78 is 21.3. The van der Waals surface area contributed by atoms with Crippen LogP contribution in [-0.2, 0) is 9.84 Å². The molecule has 1 aromatic carbocycles. The van der Waals surface area contributed by atoms with Gasteiger partial charge in [0, 0.05) is 6.26 Å². The molecule has 0 aliphatic rings. The van der Waals surface area contributed by atoms with E-state index in [-0.39, 0.29) is 0 Å². The molecule has 16 heavy (non-hydrogen) atoms. The van der Waals surface area contributed by atoms with Gasteiger partial charge in [-0.3, -0.25) is 0 Å². The maximum atomic E-state index is 11.5. The van der Waals surface area contributed by atoms with E-state index in [0.29, 0.717) is 5.56 Å². The highest BCUT2D eigenvalue weighted by Gasteiger charge is 2.42. The zero-order valence-electron chi connectivity index (χ0n) is 9.44. The van der Waals surface area contributed by atoms with Crippen molar-refractivity contribution < 1.29 is 13.5 Å². The van der Waals surface area contributed by atoms with Crippen molar-refractivity contribution in [2.75, 3.05) is 6.26 Å². The summed E-state index contributed by atoms with van der Waals surface area (Å²) in [5.74, 6) is 0. The second-order valence-corrected chi connectivity index (χ2v) is 7.42. The second kappa shape index (κ2) is 4.35. The molecule has 0 aliphatic carbocycles. The standard InChI is InChI=1S/C11H15ClO3S/c1-8-6-4-5-7-9(8)10(13)11(2,12)16(3,14)15/h4-7,10,13H,1-3H3/t10-,11+/m1/s1. The SMILES string of the molecule is Cc1ccccc1[C@@H](O)[C@@](C)(Cl)S(C)(=O)=O. The van der Waals surface area contributed by atoms with E-state index in [4.69, 9.17) is 11.6 Å². The predicted octanol–water partition coefficient (Wildman–Crippen LogP) is 2.03. The Balaban J connectivity index is 3.23. The van der Waals surface area contributed by atoms with Crippen molar-refractivity contribution in [2.24, 2.45) is 0 Å². The van der Waals surface area contributed by atoms with Crippen LogP contribution in [-0.4, -0.2) is 24.0 Å². The molecule has 1 aromatic rings. The normalized spacial score (nSPS) is 17.8. The maximum Gasteiger partial charge on any atom is 0.172 e. The van der Waals surface area contributed by atoms with Gasteiger partial charge in [0.2, 0.25) is 0 Å². The van der Waals surface area contributed by atoms with Crippen molar-refractivity contribution in [1.82, 2.24) is 0 Å². The molecule has 0 heterocycles. The summed E-state index contributed by atoms with van der Waals surface area (Å²) in [5, 5.41) is 10.1. The number of rotatable bonds is 3. The van der Waals surface area contributed by atoms with Crippen LogP contribution in [0.1, 0.15) is 24.2 Å². The molecule has 2 atom stereocenters. The number of hydrogen-bond acceptors (Lipinski definition) is 3. The fourth-order valence-corrected chi connectivity index (χ4v) is 2.02. The Labute approximate surface area is 101 Å². The molecule has 0 saturated carbocycles. The first-order valence-electron chi connectivity index (χ1n) is 4.80. The van der Waals surface area contributed by atoms with Crippen LogP contribution in [0, 0.1) is 6.92 Å². The third-order valence-electron chi connectivity index (χ3n) is 2.70. The molecular formula is C11H15ClO3S. The summed E-state index contributed by atoms with van der Waals surface area (Å²) in [6.45, 7) is 3.11. The molecule has 0 bridgehead atoms. The Hall–Kier alpha value is -0.580. The second-order valence-electron chi connectivity index (χ2n) is 4.02. The molecule has 5 heteroatoms. The third kappa shape index (κ3) is 2.39. The minimum Gasteiger partial charge on any atom is -0.385 e. The van der Waals surface area contributed by atoms with Gasteiger partial charge in [-0.25, -0.2) is 8.42 Å². The topological polar surface area (TPSA) is 54.4 Å². The monoisotopic (exact) mass is 262 g/mol. The molecule has 0 aliphatic heterocycles. The molecular weight excluding hydrogens is 248 g/mol. The molecule has 0 spiro atoms. The van der Waals surface area contributed by atoms with E-state index in [9.17, 15) is 13.5 Å². The molecule has 0 aromatic heterocycles. The first kappa shape index (κ1) is 13.5. The number of aliphatic hydroxyl groups is 1. The first-order valence-corrected chi connectivity index (χ1v) is 7.07. The fourth-order valence-electron chi connectivity index (χ4n) is 1.37. The highest BCUT2D eigenvalue weighted by atomic mass is 35.5. The number of halogens is 1. The molecule has 90 valence electrons. The lowest BCUT2D eigenvalue weighted by Crippen LogP contribution is -2.35. The lowest BCUT2D eigenvalue weighted by Gasteiger charge is -2.27. The summed E-state index contributed by atoms with van der Waals surface area (Å²) in [4.78, 5) is 0. The minimum absolute atomic E-state index is 0.533. The summed E-state index contributed by atoms with van der Waals surface area (Å²) >= 11 is 5.93. The predicted molar refractivity (Wildman–Crippen MR) is 65.2 cm³/mol. The average molecular weight is 263 g/mol. The molecule has 0 radical (unpaired) electrons. The van der Waals surface area contributed by atoms with Crippen LogP contribution in [0.2, 0.25) is 0 Å². The van der Waals surface area contributed by atoms with Gasteiger partial charge in [-0.05, 0) is 25.0 Å². The Morgan fingerprint density at radius 2 is 1.88 bits per heavy atom. The molecule has 0 fully saturated rings. The minimum atomic E-state index is -3.55. The molecule has 0 amide bonds. The zero-order chi connectivity index (χ0) is 12.6. The largest absolute Gasteiger partial charge is 0.385 e. The number of alkyl halides is 1. The van der Waals surface area contributed by atoms with Crippen LogP contribution in [0.15, 0.2) is 24.3 Å². The van der Waals surface area contributed by atoms with Crippen LogP contribution < -0.4 is 0 Å². The average Bonchev–Trinajstić information content (AvgIpc) is 2.15. The number of benzene rings is 1. The van der Waals surface area contributed by atoms with E-state index in [1.807, 2.05) is 6.07 Å². The summed E-state index contributed by atoms with van der Waals surface area (Å²) in [6.07, 6.45) is -0.230. The Morgan fingerprint density at radius 3 is 2.31 bits per heavy atom. The Morgan fingerprint density at radius 1 is 1.38 bits per heavy atom. The van der Waals surface area contributed by atoms with Gasteiger partial charge in [0.05, 0.1) is 0 Å². The van der Waals surface area contributed by atoms with Crippen LogP contribution in [0.5, 0.6) is 0 Å². The van der Waals surface area contributed by atoms with E-state index in [1.165, 1.54) is 6.92 Å². The van der Waals surface area contributed by atoms with Gasteiger partial charge in [-0.1, -0.05) is 35.9 Å².